The number of thiophene rings is 1. The lowest BCUT2D eigenvalue weighted by Gasteiger charge is -2.22. The van der Waals surface area contributed by atoms with Gasteiger partial charge in [-0.1, -0.05) is 0 Å². The summed E-state index contributed by atoms with van der Waals surface area (Å²) < 4.78 is 26.6. The first-order valence-electron chi connectivity index (χ1n) is 5.30. The van der Waals surface area contributed by atoms with Crippen LogP contribution in [0.3, 0.4) is 0 Å². The molecule has 1 atom stereocenters. The van der Waals surface area contributed by atoms with Crippen LogP contribution in [0.5, 0.6) is 0 Å². The van der Waals surface area contributed by atoms with Crippen molar-refractivity contribution in [2.45, 2.75) is 23.1 Å². The number of hydrogen-bond donors (Lipinski definition) is 2. The van der Waals surface area contributed by atoms with Crippen molar-refractivity contribution in [2.75, 3.05) is 6.54 Å². The van der Waals surface area contributed by atoms with Crippen molar-refractivity contribution < 1.29 is 13.2 Å². The number of amides is 1. The van der Waals surface area contributed by atoms with E-state index in [0.29, 0.717) is 24.3 Å². The highest BCUT2D eigenvalue weighted by atomic mass is 32.2. The number of nitriles is 1. The molecular formula is C10H11N3O3S2. The minimum atomic E-state index is -3.60. The maximum Gasteiger partial charge on any atom is 0.250 e. The third-order valence-electron chi connectivity index (χ3n) is 2.54. The summed E-state index contributed by atoms with van der Waals surface area (Å²) in [6.07, 6.45) is 0.808. The Hall–Kier alpha value is -1.43. The molecule has 6 nitrogen and oxygen atoms in total. The second kappa shape index (κ2) is 5.06. The summed E-state index contributed by atoms with van der Waals surface area (Å²) in [6.45, 7) is 0.300. The smallest absolute Gasteiger partial charge is 0.250 e. The summed E-state index contributed by atoms with van der Waals surface area (Å²) in [5.74, 6) is -0.0617. The molecule has 8 heteroatoms. The summed E-state index contributed by atoms with van der Waals surface area (Å²) >= 11 is 0.930. The van der Waals surface area contributed by atoms with Crippen LogP contribution >= 0.6 is 11.3 Å². The molecule has 1 saturated heterocycles. The molecule has 1 amide bonds. The van der Waals surface area contributed by atoms with E-state index >= 15 is 0 Å². The topological polar surface area (TPSA) is 99.1 Å². The number of nitrogens with one attached hydrogen (secondary N) is 2. The van der Waals surface area contributed by atoms with Crippen LogP contribution in [-0.4, -0.2) is 26.9 Å². The SMILES string of the molecule is N#Cc1ccc(S(=O)(=O)NC2CCC(=O)NC2)s1. The second-order valence-electron chi connectivity index (χ2n) is 3.89. The van der Waals surface area contributed by atoms with Gasteiger partial charge in [-0.25, -0.2) is 13.1 Å². The van der Waals surface area contributed by atoms with Crippen LogP contribution < -0.4 is 10.0 Å². The molecule has 1 aliphatic heterocycles. The molecule has 0 saturated carbocycles. The second-order valence-corrected chi connectivity index (χ2v) is 6.92. The van der Waals surface area contributed by atoms with Crippen molar-refractivity contribution >= 4 is 27.3 Å². The van der Waals surface area contributed by atoms with Gasteiger partial charge in [0.15, 0.2) is 0 Å². The maximum absolute atomic E-state index is 12.0. The third kappa shape index (κ3) is 2.87. The van der Waals surface area contributed by atoms with Crippen molar-refractivity contribution in [3.63, 3.8) is 0 Å². The Morgan fingerprint density at radius 3 is 2.83 bits per heavy atom. The van der Waals surface area contributed by atoms with Crippen LogP contribution in [0, 0.1) is 11.3 Å². The van der Waals surface area contributed by atoms with Crippen molar-refractivity contribution in [1.29, 1.82) is 5.26 Å². The molecule has 0 aliphatic carbocycles. The Morgan fingerprint density at radius 2 is 2.28 bits per heavy atom. The number of carbonyl (C=O) groups excluding carboxylic acids is 1. The molecule has 1 aliphatic rings. The normalized spacial score (nSPS) is 20.2. The quantitative estimate of drug-likeness (QED) is 0.827. The Morgan fingerprint density at radius 1 is 1.50 bits per heavy atom. The molecule has 2 heterocycles. The summed E-state index contributed by atoms with van der Waals surface area (Å²) in [5.41, 5.74) is 0. The van der Waals surface area contributed by atoms with E-state index in [2.05, 4.69) is 10.0 Å². The maximum atomic E-state index is 12.0. The van der Waals surface area contributed by atoms with Crippen LogP contribution in [0.4, 0.5) is 0 Å². The molecule has 96 valence electrons. The van der Waals surface area contributed by atoms with Gasteiger partial charge >= 0.3 is 0 Å². The van der Waals surface area contributed by atoms with Crippen molar-refractivity contribution in [1.82, 2.24) is 10.0 Å². The van der Waals surface area contributed by atoms with Gasteiger partial charge in [0.05, 0.1) is 0 Å². The van der Waals surface area contributed by atoms with Gasteiger partial charge in [-0.05, 0) is 18.6 Å². The fourth-order valence-electron chi connectivity index (χ4n) is 1.64. The summed E-state index contributed by atoms with van der Waals surface area (Å²) in [6, 6.07) is 4.49. The highest BCUT2D eigenvalue weighted by Crippen LogP contribution is 2.21. The Balaban J connectivity index is 2.08. The molecular weight excluding hydrogens is 274 g/mol. The largest absolute Gasteiger partial charge is 0.355 e. The first-order chi connectivity index (χ1) is 8.51. The van der Waals surface area contributed by atoms with E-state index in [1.54, 1.807) is 0 Å². The standard InChI is InChI=1S/C10H11N3O3S2/c11-5-8-2-4-10(17-8)18(15,16)13-7-1-3-9(14)12-6-7/h2,4,7,13H,1,3,6H2,(H,12,14). The molecule has 0 radical (unpaired) electrons. The van der Waals surface area contributed by atoms with Gasteiger partial charge in [0.25, 0.3) is 0 Å². The summed E-state index contributed by atoms with van der Waals surface area (Å²) in [5, 5.41) is 11.3. The molecule has 0 aromatic carbocycles. The van der Waals surface area contributed by atoms with Gasteiger partial charge in [-0.3, -0.25) is 4.79 Å². The minimum Gasteiger partial charge on any atom is -0.355 e. The lowest BCUT2D eigenvalue weighted by Crippen LogP contribution is -2.47. The van der Waals surface area contributed by atoms with E-state index in [-0.39, 0.29) is 16.2 Å². The van der Waals surface area contributed by atoms with Crippen molar-refractivity contribution in [2.24, 2.45) is 0 Å². The predicted octanol–water partition coefficient (Wildman–Crippen LogP) is 0.177. The molecule has 1 fully saturated rings. The highest BCUT2D eigenvalue weighted by Gasteiger charge is 2.25. The van der Waals surface area contributed by atoms with Gasteiger partial charge in [-0.2, -0.15) is 5.26 Å². The molecule has 1 aromatic heterocycles. The number of nitrogens with zero attached hydrogens (tertiary/aromatic N) is 1. The van der Waals surface area contributed by atoms with Crippen molar-refractivity contribution in [3.05, 3.63) is 17.0 Å². The molecule has 0 bridgehead atoms. The lowest BCUT2D eigenvalue weighted by molar-refractivity contribution is -0.122. The van der Waals surface area contributed by atoms with E-state index in [0.717, 1.165) is 11.3 Å². The molecule has 1 aromatic rings. The number of hydrogen-bond acceptors (Lipinski definition) is 5. The Kier molecular flexibility index (Phi) is 3.65. The molecule has 0 spiro atoms. The fraction of sp³-hybridized carbons (Fsp3) is 0.400. The molecule has 18 heavy (non-hydrogen) atoms. The average Bonchev–Trinajstić information content (AvgIpc) is 2.81. The highest BCUT2D eigenvalue weighted by molar-refractivity contribution is 7.91. The van der Waals surface area contributed by atoms with Gasteiger partial charge in [0.1, 0.15) is 15.2 Å². The van der Waals surface area contributed by atoms with Gasteiger partial charge in [0, 0.05) is 19.0 Å². The first kappa shape index (κ1) is 13.0. The summed E-state index contributed by atoms with van der Waals surface area (Å²) in [4.78, 5) is 11.3. The zero-order valence-corrected chi connectivity index (χ0v) is 11.0. The van der Waals surface area contributed by atoms with Crippen LogP contribution in [-0.2, 0) is 14.8 Å². The van der Waals surface area contributed by atoms with E-state index in [4.69, 9.17) is 5.26 Å². The van der Waals surface area contributed by atoms with Gasteiger partial charge < -0.3 is 5.32 Å². The molecule has 1 unspecified atom stereocenters. The average molecular weight is 285 g/mol. The zero-order valence-electron chi connectivity index (χ0n) is 9.34. The predicted molar refractivity (Wildman–Crippen MR) is 65.4 cm³/mol. The zero-order chi connectivity index (χ0) is 13.2. The lowest BCUT2D eigenvalue weighted by atomic mass is 10.1. The summed E-state index contributed by atoms with van der Waals surface area (Å²) in [7, 11) is -3.60. The van der Waals surface area contributed by atoms with E-state index in [1.165, 1.54) is 12.1 Å². The Labute approximate surface area is 109 Å². The molecule has 2 N–H and O–H groups in total. The third-order valence-corrected chi connectivity index (χ3v) is 5.55. The first-order valence-corrected chi connectivity index (χ1v) is 7.60. The monoisotopic (exact) mass is 285 g/mol. The molecule has 2 rings (SSSR count). The minimum absolute atomic E-state index is 0.0617. The number of carbonyl (C=O) groups is 1. The van der Waals surface area contributed by atoms with Crippen LogP contribution in [0.15, 0.2) is 16.3 Å². The van der Waals surface area contributed by atoms with E-state index < -0.39 is 10.0 Å². The van der Waals surface area contributed by atoms with Gasteiger partial charge in [-0.15, -0.1) is 11.3 Å². The van der Waals surface area contributed by atoms with E-state index in [1.807, 2.05) is 6.07 Å². The van der Waals surface area contributed by atoms with Crippen LogP contribution in [0.2, 0.25) is 0 Å². The number of rotatable bonds is 3. The van der Waals surface area contributed by atoms with Crippen molar-refractivity contribution in [3.8, 4) is 6.07 Å². The van der Waals surface area contributed by atoms with E-state index in [9.17, 15) is 13.2 Å². The number of piperidine rings is 1. The van der Waals surface area contributed by atoms with Crippen LogP contribution in [0.25, 0.3) is 0 Å². The van der Waals surface area contributed by atoms with Gasteiger partial charge in [0.2, 0.25) is 15.9 Å². The number of sulfonamides is 1. The fourth-order valence-corrected chi connectivity index (χ4v) is 4.03. The van der Waals surface area contributed by atoms with Crippen LogP contribution in [0.1, 0.15) is 17.7 Å². The Bertz CT molecular complexity index is 590.